The first-order valence-electron chi connectivity index (χ1n) is 7.63. The highest BCUT2D eigenvalue weighted by Gasteiger charge is 2.29. The van der Waals surface area contributed by atoms with Crippen molar-refractivity contribution >= 4 is 23.2 Å². The van der Waals surface area contributed by atoms with E-state index < -0.39 is 0 Å². The summed E-state index contributed by atoms with van der Waals surface area (Å²) >= 11 is 1.61. The molecule has 2 amide bonds. The van der Waals surface area contributed by atoms with E-state index in [9.17, 15) is 9.59 Å². The van der Waals surface area contributed by atoms with Crippen LogP contribution in [0.5, 0.6) is 0 Å². The van der Waals surface area contributed by atoms with Crippen LogP contribution < -0.4 is 10.9 Å². The summed E-state index contributed by atoms with van der Waals surface area (Å²) in [4.78, 5) is 28.1. The van der Waals surface area contributed by atoms with Gasteiger partial charge in [0.1, 0.15) is 6.54 Å². The van der Waals surface area contributed by atoms with E-state index >= 15 is 0 Å². The van der Waals surface area contributed by atoms with Gasteiger partial charge < -0.3 is 4.57 Å². The van der Waals surface area contributed by atoms with Crippen molar-refractivity contribution in [1.29, 1.82) is 0 Å². The van der Waals surface area contributed by atoms with Gasteiger partial charge in [0.15, 0.2) is 0 Å². The highest BCUT2D eigenvalue weighted by Crippen LogP contribution is 2.29. The molecule has 0 aromatic carbocycles. The van der Waals surface area contributed by atoms with E-state index in [0.717, 1.165) is 40.5 Å². The molecule has 0 saturated heterocycles. The van der Waals surface area contributed by atoms with Crippen molar-refractivity contribution in [3.8, 4) is 11.3 Å². The second kappa shape index (κ2) is 6.16. The SMILES string of the molecule is Cc1nc(-c2cc(C)n(CC(=O)NNC(=O)C3CC3)c2C)cs1. The van der Waals surface area contributed by atoms with Gasteiger partial charge in [-0.15, -0.1) is 11.3 Å². The van der Waals surface area contributed by atoms with E-state index in [0.29, 0.717) is 0 Å². The van der Waals surface area contributed by atoms with Gasteiger partial charge in [-0.1, -0.05) is 0 Å². The monoisotopic (exact) mass is 332 g/mol. The third kappa shape index (κ3) is 3.44. The van der Waals surface area contributed by atoms with E-state index in [2.05, 4.69) is 15.8 Å². The molecule has 1 aliphatic rings. The topological polar surface area (TPSA) is 76.0 Å². The highest BCUT2D eigenvalue weighted by atomic mass is 32.1. The van der Waals surface area contributed by atoms with E-state index in [-0.39, 0.29) is 24.3 Å². The van der Waals surface area contributed by atoms with Crippen LogP contribution in [0.3, 0.4) is 0 Å². The summed E-state index contributed by atoms with van der Waals surface area (Å²) in [5.41, 5.74) is 8.94. The summed E-state index contributed by atoms with van der Waals surface area (Å²) < 4.78 is 1.93. The maximum Gasteiger partial charge on any atom is 0.258 e. The molecule has 0 radical (unpaired) electrons. The van der Waals surface area contributed by atoms with Crippen molar-refractivity contribution in [2.24, 2.45) is 5.92 Å². The van der Waals surface area contributed by atoms with Gasteiger partial charge in [-0.05, 0) is 39.7 Å². The molecule has 122 valence electrons. The molecular weight excluding hydrogens is 312 g/mol. The number of hydrogen-bond acceptors (Lipinski definition) is 4. The van der Waals surface area contributed by atoms with Crippen LogP contribution >= 0.6 is 11.3 Å². The van der Waals surface area contributed by atoms with Gasteiger partial charge in [0.25, 0.3) is 5.91 Å². The summed E-state index contributed by atoms with van der Waals surface area (Å²) in [6.07, 6.45) is 1.82. The lowest BCUT2D eigenvalue weighted by Crippen LogP contribution is -2.44. The fraction of sp³-hybridized carbons (Fsp3) is 0.438. The number of aromatic nitrogens is 2. The number of amides is 2. The molecule has 0 unspecified atom stereocenters. The number of nitrogens with zero attached hydrogens (tertiary/aromatic N) is 2. The Morgan fingerprint density at radius 2 is 2.04 bits per heavy atom. The number of hydrazine groups is 1. The summed E-state index contributed by atoms with van der Waals surface area (Å²) in [6.45, 7) is 6.09. The van der Waals surface area contributed by atoms with Crippen LogP contribution in [0.4, 0.5) is 0 Å². The summed E-state index contributed by atoms with van der Waals surface area (Å²) in [5.74, 6) is -0.260. The van der Waals surface area contributed by atoms with Crippen LogP contribution in [0.15, 0.2) is 11.4 Å². The van der Waals surface area contributed by atoms with Crippen LogP contribution in [0, 0.1) is 26.7 Å². The number of hydrogen-bond donors (Lipinski definition) is 2. The standard InChI is InChI=1S/C16H20N4O2S/c1-9-6-13(14-8-23-11(3)17-14)10(2)20(9)7-15(21)18-19-16(22)12-4-5-12/h6,8,12H,4-5,7H2,1-3H3,(H,18,21)(H,19,22). The zero-order valence-corrected chi connectivity index (χ0v) is 14.3. The Hall–Kier alpha value is -2.15. The lowest BCUT2D eigenvalue weighted by molar-refractivity contribution is -0.129. The second-order valence-corrected chi connectivity index (χ2v) is 7.00. The van der Waals surface area contributed by atoms with Crippen molar-refractivity contribution in [2.75, 3.05) is 0 Å². The molecule has 2 aromatic rings. The van der Waals surface area contributed by atoms with Crippen molar-refractivity contribution in [2.45, 2.75) is 40.2 Å². The van der Waals surface area contributed by atoms with Crippen molar-refractivity contribution < 1.29 is 9.59 Å². The van der Waals surface area contributed by atoms with Crippen molar-refractivity contribution in [3.63, 3.8) is 0 Å². The maximum atomic E-state index is 12.1. The van der Waals surface area contributed by atoms with Gasteiger partial charge in [0.2, 0.25) is 5.91 Å². The average molecular weight is 332 g/mol. The first-order valence-corrected chi connectivity index (χ1v) is 8.51. The third-order valence-electron chi connectivity index (χ3n) is 4.04. The van der Waals surface area contributed by atoms with Gasteiger partial charge >= 0.3 is 0 Å². The smallest absolute Gasteiger partial charge is 0.258 e. The molecule has 0 spiro atoms. The quantitative estimate of drug-likeness (QED) is 0.842. The molecule has 2 aromatic heterocycles. The molecule has 3 rings (SSSR count). The minimum atomic E-state index is -0.234. The first-order chi connectivity index (χ1) is 11.0. The normalized spacial score (nSPS) is 13.9. The summed E-state index contributed by atoms with van der Waals surface area (Å²) in [6, 6.07) is 2.04. The van der Waals surface area contributed by atoms with E-state index in [1.807, 2.05) is 36.8 Å². The molecule has 2 heterocycles. The molecule has 0 aliphatic heterocycles. The molecule has 23 heavy (non-hydrogen) atoms. The highest BCUT2D eigenvalue weighted by molar-refractivity contribution is 7.09. The van der Waals surface area contributed by atoms with Crippen LogP contribution in [0.1, 0.15) is 29.2 Å². The molecule has 1 fully saturated rings. The Kier molecular flexibility index (Phi) is 4.21. The van der Waals surface area contributed by atoms with Crippen LogP contribution in [0.25, 0.3) is 11.3 Å². The molecule has 2 N–H and O–H groups in total. The Balaban J connectivity index is 1.68. The van der Waals surface area contributed by atoms with E-state index in [4.69, 9.17) is 0 Å². The number of carbonyl (C=O) groups is 2. The molecule has 1 aliphatic carbocycles. The minimum Gasteiger partial charge on any atom is -0.339 e. The van der Waals surface area contributed by atoms with Gasteiger partial charge in [-0.2, -0.15) is 0 Å². The molecule has 7 heteroatoms. The van der Waals surface area contributed by atoms with Crippen LogP contribution in [-0.2, 0) is 16.1 Å². The first kappa shape index (κ1) is 15.7. The largest absolute Gasteiger partial charge is 0.339 e. The molecule has 6 nitrogen and oxygen atoms in total. The molecule has 0 bridgehead atoms. The third-order valence-corrected chi connectivity index (χ3v) is 4.82. The Bertz CT molecular complexity index is 758. The number of nitrogens with one attached hydrogen (secondary N) is 2. The summed E-state index contributed by atoms with van der Waals surface area (Å²) in [5, 5.41) is 3.04. The number of rotatable bonds is 4. The van der Waals surface area contributed by atoms with Gasteiger partial charge in [-0.25, -0.2) is 4.98 Å². The molecule has 1 saturated carbocycles. The van der Waals surface area contributed by atoms with Gasteiger partial charge in [0.05, 0.1) is 10.7 Å². The zero-order valence-electron chi connectivity index (χ0n) is 13.5. The zero-order chi connectivity index (χ0) is 16.6. The number of thiazole rings is 1. The van der Waals surface area contributed by atoms with Crippen molar-refractivity contribution in [3.05, 3.63) is 27.8 Å². The second-order valence-electron chi connectivity index (χ2n) is 5.93. The number of aryl methyl sites for hydroxylation is 2. The van der Waals surface area contributed by atoms with Crippen molar-refractivity contribution in [1.82, 2.24) is 20.4 Å². The molecular formula is C16H20N4O2S. The molecule has 0 atom stereocenters. The Labute approximate surface area is 138 Å². The van der Waals surface area contributed by atoms with E-state index in [1.165, 1.54) is 0 Å². The summed E-state index contributed by atoms with van der Waals surface area (Å²) in [7, 11) is 0. The van der Waals surface area contributed by atoms with Crippen LogP contribution in [-0.4, -0.2) is 21.4 Å². The predicted octanol–water partition coefficient (Wildman–Crippen LogP) is 2.09. The van der Waals surface area contributed by atoms with E-state index in [1.54, 1.807) is 11.3 Å². The van der Waals surface area contributed by atoms with Gasteiger partial charge in [-0.3, -0.25) is 20.4 Å². The maximum absolute atomic E-state index is 12.1. The van der Waals surface area contributed by atoms with Crippen LogP contribution in [0.2, 0.25) is 0 Å². The number of carbonyl (C=O) groups excluding carboxylic acids is 2. The average Bonchev–Trinajstić information content (AvgIpc) is 3.23. The predicted molar refractivity (Wildman–Crippen MR) is 88.8 cm³/mol. The Morgan fingerprint density at radius 1 is 1.30 bits per heavy atom. The minimum absolute atomic E-state index is 0.0739. The lowest BCUT2D eigenvalue weighted by Gasteiger charge is -2.11. The fourth-order valence-electron chi connectivity index (χ4n) is 2.55. The Morgan fingerprint density at radius 3 is 2.65 bits per heavy atom. The lowest BCUT2D eigenvalue weighted by atomic mass is 10.2. The van der Waals surface area contributed by atoms with Gasteiger partial charge in [0, 0.05) is 28.2 Å². The fourth-order valence-corrected chi connectivity index (χ4v) is 3.17.